The van der Waals surface area contributed by atoms with Crippen molar-refractivity contribution in [2.24, 2.45) is 5.73 Å². The van der Waals surface area contributed by atoms with E-state index < -0.39 is 5.25 Å². The summed E-state index contributed by atoms with van der Waals surface area (Å²) in [5, 5.41) is 11.7. The molecule has 3 N–H and O–H groups in total. The number of aryl methyl sites for hydroxylation is 1. The molecular weight excluding hydrogens is 466 g/mol. The van der Waals surface area contributed by atoms with Crippen molar-refractivity contribution >= 4 is 29.3 Å². The van der Waals surface area contributed by atoms with Crippen molar-refractivity contribution in [1.82, 2.24) is 14.8 Å². The van der Waals surface area contributed by atoms with E-state index in [4.69, 9.17) is 15.2 Å². The lowest BCUT2D eigenvalue weighted by Gasteiger charge is -2.16. The lowest BCUT2D eigenvalue weighted by Crippen LogP contribution is -2.24. The zero-order valence-corrected chi connectivity index (χ0v) is 20.4. The van der Waals surface area contributed by atoms with Gasteiger partial charge in [-0.1, -0.05) is 30.0 Å². The van der Waals surface area contributed by atoms with Gasteiger partial charge in [0.2, 0.25) is 11.8 Å². The molecule has 1 aliphatic heterocycles. The Morgan fingerprint density at radius 3 is 2.60 bits per heavy atom. The van der Waals surface area contributed by atoms with Crippen LogP contribution >= 0.6 is 11.8 Å². The van der Waals surface area contributed by atoms with Crippen molar-refractivity contribution in [3.8, 4) is 11.5 Å². The van der Waals surface area contributed by atoms with Crippen LogP contribution in [0.1, 0.15) is 32.0 Å². The maximum absolute atomic E-state index is 12.9. The molecule has 1 aliphatic rings. The lowest BCUT2D eigenvalue weighted by molar-refractivity contribution is -0.118. The number of amides is 2. The highest BCUT2D eigenvalue weighted by atomic mass is 32.2. The third-order valence-electron chi connectivity index (χ3n) is 5.55. The summed E-state index contributed by atoms with van der Waals surface area (Å²) in [6, 6.07) is 16.7. The zero-order valence-electron chi connectivity index (χ0n) is 19.6. The molecule has 1 fully saturated rings. The minimum atomic E-state index is -0.424. The van der Waals surface area contributed by atoms with Crippen molar-refractivity contribution < 1.29 is 19.1 Å². The Labute approximate surface area is 208 Å². The molecule has 3 aromatic rings. The van der Waals surface area contributed by atoms with Crippen molar-refractivity contribution in [3.05, 3.63) is 60.4 Å². The molecule has 35 heavy (non-hydrogen) atoms. The Kier molecular flexibility index (Phi) is 8.38. The fourth-order valence-electron chi connectivity index (χ4n) is 3.69. The standard InChI is InChI=1S/C25H29N5O4S/c1-17(24(32)27-18-9-11-20(12-10-18)34-19-6-3-2-4-7-19)35-25-29-28-23(14-13-22(26)31)30(25)16-21-8-5-15-33-21/h2-4,6-7,9-12,17,21H,5,8,13-16H2,1H3,(H2,26,31)(H,27,32)/t17-,21-/m0/s1. The second-order valence-corrected chi connectivity index (χ2v) is 9.61. The number of hydrogen-bond donors (Lipinski definition) is 2. The maximum Gasteiger partial charge on any atom is 0.237 e. The first-order valence-electron chi connectivity index (χ1n) is 11.6. The number of para-hydroxylation sites is 1. The van der Waals surface area contributed by atoms with Crippen LogP contribution in [-0.2, 0) is 27.3 Å². The van der Waals surface area contributed by atoms with E-state index in [1.807, 2.05) is 54.0 Å². The molecule has 9 nitrogen and oxygen atoms in total. The Morgan fingerprint density at radius 1 is 1.17 bits per heavy atom. The minimum absolute atomic E-state index is 0.0680. The van der Waals surface area contributed by atoms with Gasteiger partial charge < -0.3 is 25.1 Å². The van der Waals surface area contributed by atoms with Gasteiger partial charge in [-0.3, -0.25) is 9.59 Å². The second-order valence-electron chi connectivity index (χ2n) is 8.30. The van der Waals surface area contributed by atoms with Crippen molar-refractivity contribution in [2.45, 2.75) is 55.7 Å². The van der Waals surface area contributed by atoms with Gasteiger partial charge >= 0.3 is 0 Å². The summed E-state index contributed by atoms with van der Waals surface area (Å²) in [5.74, 6) is 1.55. The molecule has 184 valence electrons. The predicted molar refractivity (Wildman–Crippen MR) is 133 cm³/mol. The van der Waals surface area contributed by atoms with Gasteiger partial charge in [0.25, 0.3) is 0 Å². The summed E-state index contributed by atoms with van der Waals surface area (Å²) < 4.78 is 13.5. The fourth-order valence-corrected chi connectivity index (χ4v) is 4.57. The Hall–Kier alpha value is -3.37. The number of nitrogens with two attached hydrogens (primary N) is 1. The Bertz CT molecular complexity index is 1130. The van der Waals surface area contributed by atoms with Crippen LogP contribution in [0.2, 0.25) is 0 Å². The number of rotatable bonds is 11. The van der Waals surface area contributed by atoms with Crippen LogP contribution in [0.25, 0.3) is 0 Å². The monoisotopic (exact) mass is 495 g/mol. The first-order chi connectivity index (χ1) is 17.0. The van der Waals surface area contributed by atoms with Gasteiger partial charge in [-0.05, 0) is 56.2 Å². The van der Waals surface area contributed by atoms with Crippen LogP contribution in [0.4, 0.5) is 5.69 Å². The first kappa shape index (κ1) is 24.7. The average Bonchev–Trinajstić information content (AvgIpc) is 3.50. The van der Waals surface area contributed by atoms with E-state index in [-0.39, 0.29) is 24.3 Å². The number of carbonyl (C=O) groups is 2. The van der Waals surface area contributed by atoms with Gasteiger partial charge in [0.05, 0.1) is 17.9 Å². The molecule has 2 aromatic carbocycles. The third kappa shape index (κ3) is 7.06. The van der Waals surface area contributed by atoms with Crippen LogP contribution in [-0.4, -0.2) is 44.5 Å². The number of aromatic nitrogens is 3. The molecule has 2 atom stereocenters. The molecule has 2 amide bonds. The maximum atomic E-state index is 12.9. The summed E-state index contributed by atoms with van der Waals surface area (Å²) in [6.07, 6.45) is 2.62. The van der Waals surface area contributed by atoms with Crippen LogP contribution < -0.4 is 15.8 Å². The Balaban J connectivity index is 1.37. The largest absolute Gasteiger partial charge is 0.457 e. The van der Waals surface area contributed by atoms with E-state index in [0.29, 0.717) is 35.4 Å². The number of thioether (sulfide) groups is 1. The zero-order chi connectivity index (χ0) is 24.6. The van der Waals surface area contributed by atoms with Gasteiger partial charge in [0, 0.05) is 25.1 Å². The topological polar surface area (TPSA) is 121 Å². The molecule has 1 aromatic heterocycles. The number of nitrogens with zero attached hydrogens (tertiary/aromatic N) is 3. The van der Waals surface area contributed by atoms with Crippen LogP contribution in [0.3, 0.4) is 0 Å². The van der Waals surface area contributed by atoms with E-state index in [2.05, 4.69) is 15.5 Å². The molecule has 10 heteroatoms. The first-order valence-corrected chi connectivity index (χ1v) is 12.5. The van der Waals surface area contributed by atoms with Crippen molar-refractivity contribution in [3.63, 3.8) is 0 Å². The number of primary amides is 1. The normalized spacial score (nSPS) is 16.1. The smallest absolute Gasteiger partial charge is 0.237 e. The highest BCUT2D eigenvalue weighted by Crippen LogP contribution is 2.27. The number of anilines is 1. The molecule has 0 radical (unpaired) electrons. The van der Waals surface area contributed by atoms with Crippen molar-refractivity contribution in [1.29, 1.82) is 0 Å². The SMILES string of the molecule is C[C@H](Sc1nnc(CCC(N)=O)n1C[C@@H]1CCCO1)C(=O)Nc1ccc(Oc2ccccc2)cc1. The second kappa shape index (κ2) is 11.9. The molecule has 0 aliphatic carbocycles. The molecule has 0 saturated carbocycles. The van der Waals surface area contributed by atoms with Gasteiger partial charge in [0.15, 0.2) is 5.16 Å². The summed E-state index contributed by atoms with van der Waals surface area (Å²) in [7, 11) is 0. The Morgan fingerprint density at radius 2 is 1.91 bits per heavy atom. The highest BCUT2D eigenvalue weighted by molar-refractivity contribution is 8.00. The number of ether oxygens (including phenoxy) is 2. The summed E-state index contributed by atoms with van der Waals surface area (Å²) in [4.78, 5) is 24.1. The molecule has 4 rings (SSSR count). The fraction of sp³-hybridized carbons (Fsp3) is 0.360. The lowest BCUT2D eigenvalue weighted by atomic mass is 10.2. The molecule has 0 unspecified atom stereocenters. The van der Waals surface area contributed by atoms with E-state index in [1.54, 1.807) is 12.1 Å². The van der Waals surface area contributed by atoms with Gasteiger partial charge in [-0.2, -0.15) is 0 Å². The number of hydrogen-bond acceptors (Lipinski definition) is 7. The number of nitrogens with one attached hydrogen (secondary N) is 1. The van der Waals surface area contributed by atoms with E-state index in [1.165, 1.54) is 11.8 Å². The molecule has 2 heterocycles. The van der Waals surface area contributed by atoms with Gasteiger partial charge in [-0.25, -0.2) is 0 Å². The summed E-state index contributed by atoms with van der Waals surface area (Å²) >= 11 is 1.32. The van der Waals surface area contributed by atoms with E-state index in [9.17, 15) is 9.59 Å². The van der Waals surface area contributed by atoms with Gasteiger partial charge in [-0.15, -0.1) is 10.2 Å². The summed E-state index contributed by atoms with van der Waals surface area (Å²) in [6.45, 7) is 3.14. The number of carbonyl (C=O) groups excluding carboxylic acids is 2. The van der Waals surface area contributed by atoms with Crippen LogP contribution in [0.5, 0.6) is 11.5 Å². The van der Waals surface area contributed by atoms with Gasteiger partial charge in [0.1, 0.15) is 17.3 Å². The predicted octanol–water partition coefficient (Wildman–Crippen LogP) is 3.79. The third-order valence-corrected chi connectivity index (χ3v) is 6.63. The minimum Gasteiger partial charge on any atom is -0.457 e. The highest BCUT2D eigenvalue weighted by Gasteiger charge is 2.24. The quantitative estimate of drug-likeness (QED) is 0.388. The van der Waals surface area contributed by atoms with E-state index in [0.717, 1.165) is 25.2 Å². The van der Waals surface area contributed by atoms with E-state index >= 15 is 0 Å². The van der Waals surface area contributed by atoms with Crippen LogP contribution in [0, 0.1) is 0 Å². The molecule has 0 bridgehead atoms. The molecule has 1 saturated heterocycles. The van der Waals surface area contributed by atoms with Crippen molar-refractivity contribution in [2.75, 3.05) is 11.9 Å². The molecular formula is C25H29N5O4S. The summed E-state index contributed by atoms with van der Waals surface area (Å²) in [5.41, 5.74) is 5.99. The molecule has 0 spiro atoms. The average molecular weight is 496 g/mol. The van der Waals surface area contributed by atoms with Crippen LogP contribution in [0.15, 0.2) is 59.8 Å². The number of benzene rings is 2.